The molecule has 24 heavy (non-hydrogen) atoms. The molecule has 2 aromatic carbocycles. The van der Waals surface area contributed by atoms with Crippen LogP contribution in [0.25, 0.3) is 0 Å². The van der Waals surface area contributed by atoms with Gasteiger partial charge in [0.15, 0.2) is 17.3 Å². The highest BCUT2D eigenvalue weighted by molar-refractivity contribution is 6.02. The van der Waals surface area contributed by atoms with Gasteiger partial charge < -0.3 is 25.1 Å². The van der Waals surface area contributed by atoms with E-state index in [1.807, 2.05) is 13.8 Å². The summed E-state index contributed by atoms with van der Waals surface area (Å²) in [5, 5.41) is 20.1. The molecule has 1 aliphatic rings. The third-order valence-electron chi connectivity index (χ3n) is 3.76. The Morgan fingerprint density at radius 1 is 1.12 bits per heavy atom. The Balaban J connectivity index is 2.04. The first-order valence-corrected chi connectivity index (χ1v) is 7.50. The normalized spacial score (nSPS) is 13.4. The molecular weight excluding hydrogens is 310 g/mol. The highest BCUT2D eigenvalue weighted by atomic mass is 16.7. The number of aromatic hydroxyl groups is 2. The van der Waals surface area contributed by atoms with Crippen LogP contribution >= 0.6 is 0 Å². The number of benzene rings is 2. The van der Waals surface area contributed by atoms with Gasteiger partial charge in [0, 0.05) is 12.1 Å². The highest BCUT2D eigenvalue weighted by Gasteiger charge is 2.17. The number of aliphatic imine (C=N–C) groups is 1. The van der Waals surface area contributed by atoms with Gasteiger partial charge in [-0.2, -0.15) is 0 Å². The molecule has 0 radical (unpaired) electrons. The molecule has 2 aromatic rings. The van der Waals surface area contributed by atoms with E-state index in [4.69, 9.17) is 15.3 Å². The second-order valence-electron chi connectivity index (χ2n) is 5.73. The van der Waals surface area contributed by atoms with Crippen LogP contribution in [0.3, 0.4) is 0 Å². The van der Waals surface area contributed by atoms with Crippen molar-refractivity contribution in [2.45, 2.75) is 19.8 Å². The van der Waals surface area contributed by atoms with Crippen LogP contribution in [0.5, 0.6) is 23.0 Å². The van der Waals surface area contributed by atoms with Crippen LogP contribution in [-0.4, -0.2) is 22.8 Å². The SMILES string of the molecule is CC(C)c1cc(C(=Nc2ccc3c(c2)OCO3)NN)c(O)cc1O. The minimum atomic E-state index is -0.116. The first-order chi connectivity index (χ1) is 11.5. The quantitative estimate of drug-likeness (QED) is 0.298. The number of phenolic OH excluding ortho intramolecular Hbond substituents is 2. The summed E-state index contributed by atoms with van der Waals surface area (Å²) in [6.07, 6.45) is 0. The van der Waals surface area contributed by atoms with Gasteiger partial charge in [-0.05, 0) is 29.7 Å². The number of phenols is 2. The molecule has 0 saturated heterocycles. The van der Waals surface area contributed by atoms with E-state index >= 15 is 0 Å². The van der Waals surface area contributed by atoms with Crippen LogP contribution in [0.1, 0.15) is 30.9 Å². The van der Waals surface area contributed by atoms with Crippen molar-refractivity contribution in [3.05, 3.63) is 41.5 Å². The van der Waals surface area contributed by atoms with Crippen LogP contribution < -0.4 is 20.7 Å². The predicted octanol–water partition coefficient (Wildman–Crippen LogP) is 2.49. The zero-order valence-corrected chi connectivity index (χ0v) is 13.4. The van der Waals surface area contributed by atoms with E-state index in [1.165, 1.54) is 6.07 Å². The second kappa shape index (κ2) is 6.29. The number of hydrogen-bond donors (Lipinski definition) is 4. The molecule has 5 N–H and O–H groups in total. The molecule has 0 aliphatic carbocycles. The molecule has 1 aliphatic heterocycles. The minimum absolute atomic E-state index is 0.0331. The summed E-state index contributed by atoms with van der Waals surface area (Å²) >= 11 is 0. The molecule has 0 aromatic heterocycles. The van der Waals surface area contributed by atoms with E-state index in [0.29, 0.717) is 28.3 Å². The third kappa shape index (κ3) is 2.93. The summed E-state index contributed by atoms with van der Waals surface area (Å²) in [4.78, 5) is 4.42. The average molecular weight is 329 g/mol. The lowest BCUT2D eigenvalue weighted by Crippen LogP contribution is -2.31. The molecule has 0 fully saturated rings. The molecule has 0 amide bonds. The smallest absolute Gasteiger partial charge is 0.231 e. The lowest BCUT2D eigenvalue weighted by Gasteiger charge is -2.14. The maximum atomic E-state index is 10.2. The molecule has 0 saturated carbocycles. The summed E-state index contributed by atoms with van der Waals surface area (Å²) in [6.45, 7) is 4.07. The summed E-state index contributed by atoms with van der Waals surface area (Å²) in [5.41, 5.74) is 4.18. The van der Waals surface area contributed by atoms with Gasteiger partial charge in [0.05, 0.1) is 11.3 Å². The van der Waals surface area contributed by atoms with E-state index in [1.54, 1.807) is 24.3 Å². The fourth-order valence-electron chi connectivity index (χ4n) is 2.50. The van der Waals surface area contributed by atoms with Crippen molar-refractivity contribution < 1.29 is 19.7 Å². The number of nitrogens with one attached hydrogen (secondary N) is 1. The minimum Gasteiger partial charge on any atom is -0.508 e. The van der Waals surface area contributed by atoms with E-state index < -0.39 is 0 Å². The summed E-state index contributed by atoms with van der Waals surface area (Å²) in [7, 11) is 0. The average Bonchev–Trinajstić information content (AvgIpc) is 3.00. The number of amidine groups is 1. The lowest BCUT2D eigenvalue weighted by molar-refractivity contribution is 0.174. The Morgan fingerprint density at radius 2 is 1.88 bits per heavy atom. The Kier molecular flexibility index (Phi) is 4.18. The summed E-state index contributed by atoms with van der Waals surface area (Å²) in [5.74, 6) is 7.11. The Morgan fingerprint density at radius 3 is 2.58 bits per heavy atom. The monoisotopic (exact) mass is 329 g/mol. The Labute approximate surface area is 139 Å². The van der Waals surface area contributed by atoms with Crippen molar-refractivity contribution in [3.63, 3.8) is 0 Å². The standard InChI is InChI=1S/C17H19N3O4/c1-9(2)11-6-12(14(22)7-13(11)21)17(20-18)19-10-3-4-15-16(5-10)24-8-23-15/h3-7,9,21-22H,8,18H2,1-2H3,(H,19,20). The van der Waals surface area contributed by atoms with Gasteiger partial charge in [-0.15, -0.1) is 0 Å². The van der Waals surface area contributed by atoms with E-state index in [2.05, 4.69) is 10.4 Å². The van der Waals surface area contributed by atoms with E-state index in [-0.39, 0.29) is 30.0 Å². The topological polar surface area (TPSA) is 109 Å². The zero-order chi connectivity index (χ0) is 17.3. The molecule has 3 rings (SSSR count). The van der Waals surface area contributed by atoms with Crippen molar-refractivity contribution in [2.75, 3.05) is 6.79 Å². The Hall–Kier alpha value is -2.93. The van der Waals surface area contributed by atoms with Gasteiger partial charge in [0.2, 0.25) is 6.79 Å². The molecule has 1 heterocycles. The lowest BCUT2D eigenvalue weighted by atomic mass is 9.98. The molecule has 7 heteroatoms. The van der Waals surface area contributed by atoms with Gasteiger partial charge in [-0.3, -0.25) is 0 Å². The van der Waals surface area contributed by atoms with E-state index in [0.717, 1.165) is 0 Å². The fourth-order valence-corrected chi connectivity index (χ4v) is 2.50. The second-order valence-corrected chi connectivity index (χ2v) is 5.73. The third-order valence-corrected chi connectivity index (χ3v) is 3.76. The molecule has 0 atom stereocenters. The molecule has 7 nitrogen and oxygen atoms in total. The number of fused-ring (bicyclic) bond motifs is 1. The molecule has 0 unspecified atom stereocenters. The number of nitrogens with two attached hydrogens (primary N) is 1. The van der Waals surface area contributed by atoms with Gasteiger partial charge >= 0.3 is 0 Å². The highest BCUT2D eigenvalue weighted by Crippen LogP contribution is 2.36. The van der Waals surface area contributed by atoms with Gasteiger partial charge in [0.1, 0.15) is 11.5 Å². The summed E-state index contributed by atoms with van der Waals surface area (Å²) < 4.78 is 10.6. The fraction of sp³-hybridized carbons (Fsp3) is 0.235. The van der Waals surface area contributed by atoms with Crippen molar-refractivity contribution in [1.82, 2.24) is 5.43 Å². The maximum absolute atomic E-state index is 10.2. The van der Waals surface area contributed by atoms with Crippen LogP contribution in [0.2, 0.25) is 0 Å². The summed E-state index contributed by atoms with van der Waals surface area (Å²) in [6, 6.07) is 8.19. The van der Waals surface area contributed by atoms with Crippen LogP contribution in [0.15, 0.2) is 35.3 Å². The van der Waals surface area contributed by atoms with Crippen molar-refractivity contribution in [1.29, 1.82) is 0 Å². The molecule has 126 valence electrons. The van der Waals surface area contributed by atoms with Crippen LogP contribution in [0, 0.1) is 0 Å². The number of rotatable bonds is 3. The number of hydrazine groups is 1. The van der Waals surface area contributed by atoms with E-state index in [9.17, 15) is 10.2 Å². The van der Waals surface area contributed by atoms with Crippen LogP contribution in [0.4, 0.5) is 5.69 Å². The van der Waals surface area contributed by atoms with Crippen LogP contribution in [-0.2, 0) is 0 Å². The number of ether oxygens (including phenoxy) is 2. The van der Waals surface area contributed by atoms with Gasteiger partial charge in [0.25, 0.3) is 0 Å². The van der Waals surface area contributed by atoms with Crippen molar-refractivity contribution in [3.8, 4) is 23.0 Å². The van der Waals surface area contributed by atoms with Gasteiger partial charge in [-0.25, -0.2) is 10.8 Å². The van der Waals surface area contributed by atoms with Gasteiger partial charge in [-0.1, -0.05) is 13.8 Å². The molecular formula is C17H19N3O4. The first kappa shape index (κ1) is 15.9. The predicted molar refractivity (Wildman–Crippen MR) is 89.9 cm³/mol. The van der Waals surface area contributed by atoms with Crippen molar-refractivity contribution >= 4 is 11.5 Å². The molecule has 0 bridgehead atoms. The zero-order valence-electron chi connectivity index (χ0n) is 13.4. The first-order valence-electron chi connectivity index (χ1n) is 7.50. The molecule has 0 spiro atoms. The van der Waals surface area contributed by atoms with Crippen molar-refractivity contribution in [2.24, 2.45) is 10.8 Å². The number of hydrogen-bond acceptors (Lipinski definition) is 6. The maximum Gasteiger partial charge on any atom is 0.231 e. The Bertz CT molecular complexity index is 803. The number of nitrogens with zero attached hydrogens (tertiary/aromatic N) is 1. The largest absolute Gasteiger partial charge is 0.508 e.